The molecule has 0 aliphatic carbocycles. The second-order valence-electron chi connectivity index (χ2n) is 7.89. The largest absolute Gasteiger partial charge is 0.345 e. The van der Waals surface area contributed by atoms with E-state index >= 15 is 0 Å². The third kappa shape index (κ3) is 3.57. The molecule has 0 radical (unpaired) electrons. The fraction of sp³-hybridized carbons (Fsp3) is 0.600. The number of hydrogen-bond acceptors (Lipinski definition) is 6. The first-order valence-electron chi connectivity index (χ1n) is 9.82. The number of amides is 1. The Morgan fingerprint density at radius 1 is 1.19 bits per heavy atom. The summed E-state index contributed by atoms with van der Waals surface area (Å²) in [7, 11) is 0. The number of carbonyl (C=O) groups excluding carboxylic acids is 1. The molecule has 2 fully saturated rings. The van der Waals surface area contributed by atoms with Gasteiger partial charge in [-0.2, -0.15) is 0 Å². The van der Waals surface area contributed by atoms with Crippen LogP contribution in [0.3, 0.4) is 0 Å². The van der Waals surface area contributed by atoms with Crippen LogP contribution >= 0.6 is 23.1 Å². The van der Waals surface area contributed by atoms with Crippen molar-refractivity contribution in [1.82, 2.24) is 15.2 Å². The highest BCUT2D eigenvalue weighted by Gasteiger charge is 2.53. The van der Waals surface area contributed by atoms with Gasteiger partial charge in [-0.25, -0.2) is 4.98 Å². The van der Waals surface area contributed by atoms with E-state index in [2.05, 4.69) is 40.2 Å². The molecule has 0 spiro atoms. The molecule has 2 aliphatic heterocycles. The van der Waals surface area contributed by atoms with E-state index in [-0.39, 0.29) is 15.6 Å². The maximum absolute atomic E-state index is 12.5. The van der Waals surface area contributed by atoms with Gasteiger partial charge in [-0.05, 0) is 38.8 Å². The maximum Gasteiger partial charge on any atom is 0.237 e. The molecule has 1 atom stereocenters. The standard InChI is InChI=1S/C20H28N4OS2/c1-4-5-10-20(22-17(25)19(2,3)27-20)24-13-11-23(12-14-24)18-21-15-8-6-7-9-16(15)26-18/h6-9H,4-5,10-14H2,1-3H3,(H,22,25). The molecule has 1 aromatic carbocycles. The van der Waals surface area contributed by atoms with Gasteiger partial charge in [0.1, 0.15) is 4.99 Å². The Labute approximate surface area is 169 Å². The molecule has 146 valence electrons. The minimum Gasteiger partial charge on any atom is -0.345 e. The van der Waals surface area contributed by atoms with Crippen LogP contribution in [-0.2, 0) is 4.79 Å². The average molecular weight is 405 g/mol. The summed E-state index contributed by atoms with van der Waals surface area (Å²) in [5.74, 6) is 0.164. The Hall–Kier alpha value is -1.31. The Kier molecular flexibility index (Phi) is 5.12. The molecule has 2 saturated heterocycles. The predicted molar refractivity (Wildman–Crippen MR) is 115 cm³/mol. The van der Waals surface area contributed by atoms with Gasteiger partial charge in [0.15, 0.2) is 5.13 Å². The summed E-state index contributed by atoms with van der Waals surface area (Å²) in [4.78, 5) is 22.0. The van der Waals surface area contributed by atoms with Gasteiger partial charge in [0.25, 0.3) is 0 Å². The van der Waals surface area contributed by atoms with Gasteiger partial charge in [-0.1, -0.05) is 36.8 Å². The molecule has 1 unspecified atom stereocenters. The smallest absolute Gasteiger partial charge is 0.237 e. The number of nitrogens with zero attached hydrogens (tertiary/aromatic N) is 3. The number of thiazole rings is 1. The first-order chi connectivity index (χ1) is 12.9. The number of hydrogen-bond donors (Lipinski definition) is 1. The van der Waals surface area contributed by atoms with Crippen molar-refractivity contribution >= 4 is 44.4 Å². The van der Waals surface area contributed by atoms with Crippen molar-refractivity contribution in [2.75, 3.05) is 31.1 Å². The molecule has 5 nitrogen and oxygen atoms in total. The van der Waals surface area contributed by atoms with E-state index in [4.69, 9.17) is 4.98 Å². The van der Waals surface area contributed by atoms with E-state index in [1.54, 1.807) is 23.1 Å². The number of piperazine rings is 1. The Balaban J connectivity index is 1.48. The molecule has 0 bridgehead atoms. The fourth-order valence-electron chi connectivity index (χ4n) is 3.91. The number of fused-ring (bicyclic) bond motifs is 1. The van der Waals surface area contributed by atoms with E-state index in [1.165, 1.54) is 4.70 Å². The molecule has 2 aromatic rings. The first-order valence-corrected chi connectivity index (χ1v) is 11.5. The minimum absolute atomic E-state index is 0.164. The number of carbonyl (C=O) groups is 1. The van der Waals surface area contributed by atoms with Crippen LogP contribution in [0.2, 0.25) is 0 Å². The van der Waals surface area contributed by atoms with Crippen molar-refractivity contribution in [3.05, 3.63) is 24.3 Å². The van der Waals surface area contributed by atoms with Crippen LogP contribution in [0.25, 0.3) is 10.2 Å². The number of thioether (sulfide) groups is 1. The summed E-state index contributed by atoms with van der Waals surface area (Å²) >= 11 is 3.58. The average Bonchev–Trinajstić information content (AvgIpc) is 3.19. The van der Waals surface area contributed by atoms with E-state index < -0.39 is 0 Å². The van der Waals surface area contributed by atoms with E-state index in [0.717, 1.165) is 56.1 Å². The minimum atomic E-state index is -0.363. The summed E-state index contributed by atoms with van der Waals surface area (Å²) in [5.41, 5.74) is 1.08. The van der Waals surface area contributed by atoms with Crippen LogP contribution in [0, 0.1) is 0 Å². The van der Waals surface area contributed by atoms with E-state index in [0.29, 0.717) is 0 Å². The lowest BCUT2D eigenvalue weighted by Gasteiger charge is -2.45. The van der Waals surface area contributed by atoms with Crippen LogP contribution in [0.15, 0.2) is 24.3 Å². The number of anilines is 1. The van der Waals surface area contributed by atoms with Gasteiger partial charge in [-0.3, -0.25) is 9.69 Å². The molecule has 3 heterocycles. The third-order valence-electron chi connectivity index (χ3n) is 5.49. The van der Waals surface area contributed by atoms with Gasteiger partial charge >= 0.3 is 0 Å². The Morgan fingerprint density at radius 3 is 2.56 bits per heavy atom. The van der Waals surface area contributed by atoms with Crippen LogP contribution in [0.1, 0.15) is 40.0 Å². The van der Waals surface area contributed by atoms with E-state index in [1.807, 2.05) is 19.9 Å². The van der Waals surface area contributed by atoms with E-state index in [9.17, 15) is 4.79 Å². The summed E-state index contributed by atoms with van der Waals surface area (Å²) in [6.07, 6.45) is 3.27. The highest BCUT2D eigenvalue weighted by Crippen LogP contribution is 2.46. The monoisotopic (exact) mass is 404 g/mol. The summed E-state index contributed by atoms with van der Waals surface area (Å²) in [5, 5.41) is 4.47. The van der Waals surface area contributed by atoms with Gasteiger partial charge < -0.3 is 10.2 Å². The molecule has 0 saturated carbocycles. The van der Waals surface area contributed by atoms with Crippen LogP contribution < -0.4 is 10.2 Å². The van der Waals surface area contributed by atoms with Gasteiger partial charge in [-0.15, -0.1) is 11.8 Å². The van der Waals surface area contributed by atoms with Crippen molar-refractivity contribution in [2.24, 2.45) is 0 Å². The zero-order valence-corrected chi connectivity index (χ0v) is 18.0. The molecular weight excluding hydrogens is 376 g/mol. The van der Waals surface area contributed by atoms with Crippen LogP contribution in [0.5, 0.6) is 0 Å². The lowest BCUT2D eigenvalue weighted by Crippen LogP contribution is -2.60. The molecular formula is C20H28N4OS2. The van der Waals surface area contributed by atoms with Gasteiger partial charge in [0, 0.05) is 26.2 Å². The predicted octanol–water partition coefficient (Wildman–Crippen LogP) is 3.90. The molecule has 1 amide bonds. The van der Waals surface area contributed by atoms with Gasteiger partial charge in [0.05, 0.1) is 15.0 Å². The molecule has 27 heavy (non-hydrogen) atoms. The topological polar surface area (TPSA) is 48.5 Å². The lowest BCUT2D eigenvalue weighted by molar-refractivity contribution is -0.124. The SMILES string of the molecule is CCCCC1(N2CCN(c3nc4ccccc4s3)CC2)NC(=O)C(C)(C)S1. The zero-order chi connectivity index (χ0) is 19.1. The summed E-state index contributed by atoms with van der Waals surface area (Å²) in [6, 6.07) is 8.34. The number of benzene rings is 1. The summed E-state index contributed by atoms with van der Waals surface area (Å²) < 4.78 is 0.882. The van der Waals surface area contributed by atoms with Crippen LogP contribution in [0.4, 0.5) is 5.13 Å². The second kappa shape index (κ2) is 7.26. The Morgan fingerprint density at radius 2 is 1.93 bits per heavy atom. The first kappa shape index (κ1) is 19.0. The number of para-hydroxylation sites is 1. The highest BCUT2D eigenvalue weighted by molar-refractivity contribution is 8.03. The third-order valence-corrected chi connectivity index (χ3v) is 8.19. The zero-order valence-electron chi connectivity index (χ0n) is 16.3. The van der Waals surface area contributed by atoms with Crippen molar-refractivity contribution in [3.8, 4) is 0 Å². The molecule has 1 N–H and O–H groups in total. The molecule has 7 heteroatoms. The fourth-order valence-corrected chi connectivity index (χ4v) is 6.61. The molecule has 4 rings (SSSR count). The number of rotatable bonds is 5. The molecule has 1 aromatic heterocycles. The Bertz CT molecular complexity index is 795. The van der Waals surface area contributed by atoms with Crippen molar-refractivity contribution in [1.29, 1.82) is 0 Å². The lowest BCUT2D eigenvalue weighted by atomic mass is 10.1. The number of unbranched alkanes of at least 4 members (excludes halogenated alkanes) is 1. The second-order valence-corrected chi connectivity index (χ2v) is 10.8. The number of nitrogens with one attached hydrogen (secondary N) is 1. The maximum atomic E-state index is 12.5. The summed E-state index contributed by atoms with van der Waals surface area (Å²) in [6.45, 7) is 10.1. The van der Waals surface area contributed by atoms with Crippen molar-refractivity contribution < 1.29 is 4.79 Å². The molecule has 2 aliphatic rings. The quantitative estimate of drug-likeness (QED) is 0.819. The number of aromatic nitrogens is 1. The van der Waals surface area contributed by atoms with Crippen LogP contribution in [-0.4, -0.2) is 51.7 Å². The highest BCUT2D eigenvalue weighted by atomic mass is 32.2. The normalized spacial score (nSPS) is 25.9. The van der Waals surface area contributed by atoms with Crippen molar-refractivity contribution in [3.63, 3.8) is 0 Å². The van der Waals surface area contributed by atoms with Gasteiger partial charge in [0.2, 0.25) is 5.91 Å². The van der Waals surface area contributed by atoms with Crippen molar-refractivity contribution in [2.45, 2.75) is 49.8 Å².